The summed E-state index contributed by atoms with van der Waals surface area (Å²) in [4.78, 5) is 12.7. The molecule has 0 fully saturated rings. The summed E-state index contributed by atoms with van der Waals surface area (Å²) in [5, 5.41) is 2.81. The van der Waals surface area contributed by atoms with Crippen molar-refractivity contribution >= 4 is 27.5 Å². The molecule has 0 radical (unpaired) electrons. The van der Waals surface area contributed by atoms with E-state index in [2.05, 4.69) is 21.2 Å². The van der Waals surface area contributed by atoms with Crippen LogP contribution in [0.2, 0.25) is 0 Å². The van der Waals surface area contributed by atoms with Crippen LogP contribution in [0, 0.1) is 0 Å². The quantitative estimate of drug-likeness (QED) is 0.814. The zero-order valence-electron chi connectivity index (χ0n) is 13.8. The van der Waals surface area contributed by atoms with Crippen LogP contribution >= 0.6 is 15.9 Å². The van der Waals surface area contributed by atoms with Crippen molar-refractivity contribution in [2.75, 3.05) is 33.4 Å². The lowest BCUT2D eigenvalue weighted by Gasteiger charge is -2.16. The zero-order valence-corrected chi connectivity index (χ0v) is 15.4. The molecule has 1 N–H and O–H groups in total. The van der Waals surface area contributed by atoms with Gasteiger partial charge in [0.1, 0.15) is 0 Å². The minimum absolute atomic E-state index is 0.172. The van der Waals surface area contributed by atoms with Gasteiger partial charge in [-0.25, -0.2) is 0 Å². The number of methoxy groups -OCH3 is 3. The van der Waals surface area contributed by atoms with Gasteiger partial charge in [-0.05, 0) is 34.1 Å². The average molecular weight is 410 g/mol. The molecule has 0 unspecified atom stereocenters. The molecule has 0 atom stereocenters. The zero-order chi connectivity index (χ0) is 18.0. The number of benzene rings is 2. The number of anilines is 1. The fourth-order valence-electron chi connectivity index (χ4n) is 2.46. The van der Waals surface area contributed by atoms with Crippen LogP contribution in [0.5, 0.6) is 28.7 Å². The minimum atomic E-state index is -0.343. The van der Waals surface area contributed by atoms with Gasteiger partial charge in [0.05, 0.1) is 31.4 Å². The summed E-state index contributed by atoms with van der Waals surface area (Å²) in [6.07, 6.45) is 0. The van der Waals surface area contributed by atoms with Crippen LogP contribution < -0.4 is 29.0 Å². The highest BCUT2D eigenvalue weighted by Crippen LogP contribution is 2.45. The first-order chi connectivity index (χ1) is 12.1. The van der Waals surface area contributed by atoms with Gasteiger partial charge >= 0.3 is 0 Å². The predicted molar refractivity (Wildman–Crippen MR) is 94.3 cm³/mol. The van der Waals surface area contributed by atoms with E-state index >= 15 is 0 Å². The van der Waals surface area contributed by atoms with Crippen molar-refractivity contribution in [2.45, 2.75) is 0 Å². The molecule has 0 saturated heterocycles. The molecular formula is C17H16BrNO6. The Morgan fingerprint density at radius 1 is 1.04 bits per heavy atom. The van der Waals surface area contributed by atoms with E-state index in [4.69, 9.17) is 23.7 Å². The first kappa shape index (κ1) is 17.2. The van der Waals surface area contributed by atoms with Gasteiger partial charge in [-0.1, -0.05) is 0 Å². The highest BCUT2D eigenvalue weighted by Gasteiger charge is 2.23. The third-order valence-corrected chi connectivity index (χ3v) is 4.43. The van der Waals surface area contributed by atoms with Crippen LogP contribution in [0.3, 0.4) is 0 Å². The summed E-state index contributed by atoms with van der Waals surface area (Å²) in [6.45, 7) is 0.172. The van der Waals surface area contributed by atoms with Crippen LogP contribution in [-0.4, -0.2) is 34.0 Å². The Kier molecular flexibility index (Phi) is 4.89. The summed E-state index contributed by atoms with van der Waals surface area (Å²) >= 11 is 3.39. The molecule has 1 aliphatic heterocycles. The third kappa shape index (κ3) is 3.17. The Labute approximate surface area is 152 Å². The molecule has 0 spiro atoms. The van der Waals surface area contributed by atoms with E-state index in [0.717, 1.165) is 0 Å². The molecule has 2 aromatic rings. The van der Waals surface area contributed by atoms with Crippen LogP contribution in [-0.2, 0) is 0 Å². The molecule has 0 bridgehead atoms. The van der Waals surface area contributed by atoms with Crippen LogP contribution in [0.4, 0.5) is 5.69 Å². The van der Waals surface area contributed by atoms with Crippen molar-refractivity contribution in [1.82, 2.24) is 0 Å². The van der Waals surface area contributed by atoms with E-state index in [1.54, 1.807) is 24.3 Å². The molecule has 1 heterocycles. The molecule has 132 valence electrons. The van der Waals surface area contributed by atoms with Crippen molar-refractivity contribution in [3.63, 3.8) is 0 Å². The number of rotatable bonds is 5. The molecule has 7 nitrogen and oxygen atoms in total. The van der Waals surface area contributed by atoms with Crippen molar-refractivity contribution < 1.29 is 28.5 Å². The normalized spacial score (nSPS) is 11.8. The van der Waals surface area contributed by atoms with Crippen LogP contribution in [0.1, 0.15) is 10.4 Å². The lowest BCUT2D eigenvalue weighted by Crippen LogP contribution is -2.13. The molecule has 25 heavy (non-hydrogen) atoms. The van der Waals surface area contributed by atoms with Gasteiger partial charge in [-0.3, -0.25) is 4.79 Å². The van der Waals surface area contributed by atoms with Crippen molar-refractivity contribution in [3.8, 4) is 28.7 Å². The Bertz CT molecular complexity index is 823. The van der Waals surface area contributed by atoms with E-state index in [1.165, 1.54) is 21.3 Å². The molecule has 2 aromatic carbocycles. The van der Waals surface area contributed by atoms with E-state index in [1.807, 2.05) is 0 Å². The molecule has 1 aliphatic rings. The fourth-order valence-corrected chi connectivity index (χ4v) is 3.10. The second kappa shape index (κ2) is 7.10. The van der Waals surface area contributed by atoms with Gasteiger partial charge < -0.3 is 29.0 Å². The van der Waals surface area contributed by atoms with E-state index < -0.39 is 0 Å². The van der Waals surface area contributed by atoms with Gasteiger partial charge in [0, 0.05) is 11.8 Å². The number of hydrogen-bond donors (Lipinski definition) is 1. The van der Waals surface area contributed by atoms with Gasteiger partial charge in [0.15, 0.2) is 23.0 Å². The molecule has 1 amide bonds. The van der Waals surface area contributed by atoms with Crippen LogP contribution in [0.15, 0.2) is 28.7 Å². The highest BCUT2D eigenvalue weighted by molar-refractivity contribution is 9.10. The first-order valence-corrected chi connectivity index (χ1v) is 8.07. The van der Waals surface area contributed by atoms with E-state index in [9.17, 15) is 4.79 Å². The Morgan fingerprint density at radius 3 is 2.44 bits per heavy atom. The van der Waals surface area contributed by atoms with Gasteiger partial charge in [-0.15, -0.1) is 0 Å². The third-order valence-electron chi connectivity index (χ3n) is 3.64. The second-order valence-electron chi connectivity index (χ2n) is 5.03. The Hall–Kier alpha value is -2.61. The summed E-state index contributed by atoms with van der Waals surface area (Å²) in [7, 11) is 4.48. The minimum Gasteiger partial charge on any atom is -0.493 e. The fraction of sp³-hybridized carbons (Fsp3) is 0.235. The van der Waals surface area contributed by atoms with Crippen LogP contribution in [0.25, 0.3) is 0 Å². The second-order valence-corrected chi connectivity index (χ2v) is 5.82. The number of fused-ring (bicyclic) bond motifs is 1. The Balaban J connectivity index is 1.94. The number of amides is 1. The lowest BCUT2D eigenvalue weighted by molar-refractivity contribution is 0.102. The van der Waals surface area contributed by atoms with E-state index in [0.29, 0.717) is 44.5 Å². The maximum Gasteiger partial charge on any atom is 0.257 e. The molecular weight excluding hydrogens is 394 g/mol. The lowest BCUT2D eigenvalue weighted by atomic mass is 10.1. The summed E-state index contributed by atoms with van der Waals surface area (Å²) in [6, 6.07) is 6.75. The topological polar surface area (TPSA) is 75.3 Å². The average Bonchev–Trinajstić information content (AvgIpc) is 3.08. The number of carbonyl (C=O) groups excluding carboxylic acids is 1. The maximum atomic E-state index is 12.7. The van der Waals surface area contributed by atoms with Gasteiger partial charge in [-0.2, -0.15) is 0 Å². The predicted octanol–water partition coefficient (Wildman–Crippen LogP) is 3.46. The molecule has 0 aliphatic carbocycles. The van der Waals surface area contributed by atoms with Gasteiger partial charge in [0.2, 0.25) is 12.5 Å². The number of carbonyl (C=O) groups is 1. The molecule has 8 heteroatoms. The first-order valence-electron chi connectivity index (χ1n) is 7.28. The van der Waals surface area contributed by atoms with E-state index in [-0.39, 0.29) is 12.7 Å². The van der Waals surface area contributed by atoms with Crippen molar-refractivity contribution in [1.29, 1.82) is 0 Å². The van der Waals surface area contributed by atoms with Crippen molar-refractivity contribution in [3.05, 3.63) is 34.3 Å². The van der Waals surface area contributed by atoms with Gasteiger partial charge in [0.25, 0.3) is 5.91 Å². The summed E-state index contributed by atoms with van der Waals surface area (Å²) in [5.74, 6) is 2.05. The molecule has 0 saturated carbocycles. The standard InChI is InChI=1S/C17H16BrNO6/c1-21-13-7-10(14(18)16(23-3)15(13)22-2)17(20)19-9-4-5-11-12(6-9)25-8-24-11/h4-7H,8H2,1-3H3,(H,19,20). The SMILES string of the molecule is COc1cc(C(=O)Nc2ccc3c(c2)OCO3)c(Br)c(OC)c1OC. The molecule has 3 rings (SSSR count). The number of nitrogens with one attached hydrogen (secondary N) is 1. The maximum absolute atomic E-state index is 12.7. The Morgan fingerprint density at radius 2 is 1.76 bits per heavy atom. The van der Waals surface area contributed by atoms with Crippen molar-refractivity contribution in [2.24, 2.45) is 0 Å². The summed E-state index contributed by atoms with van der Waals surface area (Å²) in [5.41, 5.74) is 0.919. The largest absolute Gasteiger partial charge is 0.493 e. The number of ether oxygens (including phenoxy) is 5. The molecule has 0 aromatic heterocycles. The highest BCUT2D eigenvalue weighted by atomic mass is 79.9. The summed E-state index contributed by atoms with van der Waals surface area (Å²) < 4.78 is 27.0. The number of hydrogen-bond acceptors (Lipinski definition) is 6. The monoisotopic (exact) mass is 409 g/mol. The number of halogens is 1. The smallest absolute Gasteiger partial charge is 0.257 e.